The molecule has 0 aliphatic heterocycles. The minimum absolute atomic E-state index is 0. The molecule has 1 aliphatic rings. The van der Waals surface area contributed by atoms with Gasteiger partial charge < -0.3 is 4.74 Å². The summed E-state index contributed by atoms with van der Waals surface area (Å²) in [5.41, 5.74) is 3.48. The van der Waals surface area contributed by atoms with Gasteiger partial charge in [0.05, 0.1) is 6.26 Å². The van der Waals surface area contributed by atoms with Gasteiger partial charge in [-0.3, -0.25) is 6.08 Å². The summed E-state index contributed by atoms with van der Waals surface area (Å²) in [7, 11) is 1.08. The van der Waals surface area contributed by atoms with E-state index >= 15 is 0 Å². The number of benzene rings is 1. The van der Waals surface area contributed by atoms with E-state index in [9.17, 15) is 0 Å². The Bertz CT molecular complexity index is 527. The molecular formula is C20H27OSiTi-. The summed E-state index contributed by atoms with van der Waals surface area (Å²) in [6.07, 6.45) is 11.8. The van der Waals surface area contributed by atoms with Gasteiger partial charge in [0.25, 0.3) is 0 Å². The summed E-state index contributed by atoms with van der Waals surface area (Å²) in [6, 6.07) is 7.94. The molecule has 1 aromatic rings. The van der Waals surface area contributed by atoms with Gasteiger partial charge in [-0.15, -0.1) is 6.42 Å². The minimum Gasteiger partial charge on any atom is -0.465 e. The number of aryl methyl sites for hydroxylation is 1. The average Bonchev–Trinajstić information content (AvgIpc) is 2.97. The number of hydrogen-bond acceptors (Lipinski definition) is 1. The van der Waals surface area contributed by atoms with Crippen LogP contribution in [0.15, 0.2) is 66.5 Å². The van der Waals surface area contributed by atoms with Crippen LogP contribution in [0.5, 0.6) is 5.75 Å². The molecule has 0 bridgehead atoms. The molecule has 0 aromatic heterocycles. The van der Waals surface area contributed by atoms with E-state index in [1.165, 1.54) is 11.1 Å². The van der Waals surface area contributed by atoms with E-state index in [0.29, 0.717) is 0 Å². The first-order valence-electron chi connectivity index (χ1n) is 7.38. The van der Waals surface area contributed by atoms with Gasteiger partial charge in [0.2, 0.25) is 0 Å². The van der Waals surface area contributed by atoms with Crippen LogP contribution in [0, 0.1) is 13.0 Å². The molecule has 0 unspecified atom stereocenters. The van der Waals surface area contributed by atoms with Crippen LogP contribution < -0.4 is 4.74 Å². The predicted octanol–water partition coefficient (Wildman–Crippen LogP) is 5.94. The molecular weight excluding hydrogens is 332 g/mol. The van der Waals surface area contributed by atoms with Crippen molar-refractivity contribution in [2.45, 2.75) is 40.3 Å². The molecule has 3 heteroatoms. The van der Waals surface area contributed by atoms with E-state index in [1.807, 2.05) is 38.1 Å². The predicted molar refractivity (Wildman–Crippen MR) is 99.4 cm³/mol. The van der Waals surface area contributed by atoms with Crippen LogP contribution >= 0.6 is 0 Å². The van der Waals surface area contributed by atoms with Crippen molar-refractivity contribution in [2.24, 2.45) is 0 Å². The summed E-state index contributed by atoms with van der Waals surface area (Å²) < 4.78 is 5.41. The first-order chi connectivity index (χ1) is 10.5. The zero-order chi connectivity index (χ0) is 16.8. The topological polar surface area (TPSA) is 9.23 Å². The second-order valence-electron chi connectivity index (χ2n) is 4.97. The molecule has 1 aromatic carbocycles. The third-order valence-corrected chi connectivity index (χ3v) is 2.56. The fraction of sp³-hybridized carbons (Fsp3) is 0.300. The zero-order valence-electron chi connectivity index (χ0n) is 14.9. The van der Waals surface area contributed by atoms with Gasteiger partial charge in [0, 0.05) is 31.2 Å². The smallest absolute Gasteiger partial charge is 0.126 e. The minimum atomic E-state index is 0. The quantitative estimate of drug-likeness (QED) is 0.281. The Labute approximate surface area is 159 Å². The summed E-state index contributed by atoms with van der Waals surface area (Å²) in [5, 5.41) is 0. The summed E-state index contributed by atoms with van der Waals surface area (Å²) in [6.45, 7) is 14.0. The fourth-order valence-electron chi connectivity index (χ4n) is 1.41. The van der Waals surface area contributed by atoms with E-state index in [4.69, 9.17) is 4.74 Å². The molecule has 122 valence electrons. The Morgan fingerprint density at radius 1 is 1.30 bits per heavy atom. The van der Waals surface area contributed by atoms with Crippen LogP contribution in [0.25, 0.3) is 0 Å². The molecule has 0 heterocycles. The van der Waals surface area contributed by atoms with Crippen molar-refractivity contribution in [3.63, 3.8) is 0 Å². The van der Waals surface area contributed by atoms with Crippen molar-refractivity contribution in [2.75, 3.05) is 0 Å². The van der Waals surface area contributed by atoms with Crippen LogP contribution in [0.1, 0.15) is 25.8 Å². The molecule has 1 aliphatic carbocycles. The molecule has 0 spiro atoms. The third kappa shape index (κ3) is 14.2. The standard InChI is InChI=1S/C12H14O.C6H7.C2H6Si.Ti/c1-4-10(2)9-13-12-7-5-6-11(3)8-12;1-6-4-2-3-5-6;1-3-2;/h4-9H,1H2,2-3H3;2,4H,3H2,1H3;1-2H3;/q;-1;;. The fourth-order valence-corrected chi connectivity index (χ4v) is 1.41. The number of allylic oxidation sites excluding steroid dienone is 6. The zero-order valence-corrected chi connectivity index (χ0v) is 17.5. The molecule has 0 atom stereocenters. The van der Waals surface area contributed by atoms with Crippen LogP contribution in [0.2, 0.25) is 13.1 Å². The Morgan fingerprint density at radius 2 is 1.96 bits per heavy atom. The summed E-state index contributed by atoms with van der Waals surface area (Å²) >= 11 is 0. The normalized spacial score (nSPS) is 11.9. The number of hydrogen-bond donors (Lipinski definition) is 0. The van der Waals surface area contributed by atoms with Crippen LogP contribution in [0.3, 0.4) is 0 Å². The molecule has 2 rings (SSSR count). The summed E-state index contributed by atoms with van der Waals surface area (Å²) in [5.74, 6) is 0.862. The SMILES string of the molecule is C=CC(C)=COc1cccc(C)c1.CC1=[C-]CC=C1.C[Si]C.[Ti]. The van der Waals surface area contributed by atoms with E-state index in [-0.39, 0.29) is 21.7 Å². The Morgan fingerprint density at radius 3 is 2.35 bits per heavy atom. The van der Waals surface area contributed by atoms with Gasteiger partial charge in [-0.1, -0.05) is 44.8 Å². The van der Waals surface area contributed by atoms with Crippen LogP contribution in [-0.2, 0) is 21.7 Å². The van der Waals surface area contributed by atoms with Crippen LogP contribution in [0.4, 0.5) is 0 Å². The van der Waals surface area contributed by atoms with E-state index < -0.39 is 0 Å². The summed E-state index contributed by atoms with van der Waals surface area (Å²) in [4.78, 5) is 0. The van der Waals surface area contributed by atoms with Gasteiger partial charge in [-0.25, -0.2) is 11.6 Å². The first-order valence-corrected chi connectivity index (χ1v) is 9.38. The molecule has 0 fully saturated rings. The maximum Gasteiger partial charge on any atom is 0.126 e. The third-order valence-electron chi connectivity index (χ3n) is 2.56. The van der Waals surface area contributed by atoms with Crippen molar-refractivity contribution in [3.05, 3.63) is 78.1 Å². The molecule has 2 radical (unpaired) electrons. The van der Waals surface area contributed by atoms with Gasteiger partial charge >= 0.3 is 0 Å². The Kier molecular flexibility index (Phi) is 16.6. The van der Waals surface area contributed by atoms with Crippen molar-refractivity contribution >= 4 is 9.52 Å². The van der Waals surface area contributed by atoms with Gasteiger partial charge in [0.1, 0.15) is 5.75 Å². The Hall–Kier alpha value is -1.09. The van der Waals surface area contributed by atoms with Crippen molar-refractivity contribution < 1.29 is 26.5 Å². The maximum absolute atomic E-state index is 5.41. The van der Waals surface area contributed by atoms with E-state index in [0.717, 1.165) is 27.3 Å². The Balaban J connectivity index is 0. The molecule has 23 heavy (non-hydrogen) atoms. The molecule has 0 amide bonds. The van der Waals surface area contributed by atoms with E-state index in [2.05, 4.69) is 44.8 Å². The van der Waals surface area contributed by atoms with Gasteiger partial charge in [0.15, 0.2) is 0 Å². The van der Waals surface area contributed by atoms with Crippen molar-refractivity contribution in [1.29, 1.82) is 0 Å². The van der Waals surface area contributed by atoms with Gasteiger partial charge in [-0.2, -0.15) is 6.08 Å². The number of ether oxygens (including phenoxy) is 1. The first kappa shape index (κ1) is 24.2. The second kappa shape index (κ2) is 15.8. The molecule has 0 saturated carbocycles. The largest absolute Gasteiger partial charge is 0.465 e. The number of rotatable bonds is 3. The monoisotopic (exact) mass is 359 g/mol. The van der Waals surface area contributed by atoms with Crippen LogP contribution in [-0.4, -0.2) is 9.52 Å². The van der Waals surface area contributed by atoms with Gasteiger partial charge in [-0.05, 0) is 37.1 Å². The molecule has 0 saturated heterocycles. The maximum atomic E-state index is 5.41. The van der Waals surface area contributed by atoms with Crippen molar-refractivity contribution in [1.82, 2.24) is 0 Å². The molecule has 0 N–H and O–H groups in total. The molecule has 1 nitrogen and oxygen atoms in total. The van der Waals surface area contributed by atoms with Crippen molar-refractivity contribution in [3.8, 4) is 5.75 Å². The van der Waals surface area contributed by atoms with E-state index in [1.54, 1.807) is 12.3 Å². The second-order valence-corrected chi connectivity index (χ2v) is 5.97. The average molecular weight is 359 g/mol.